The van der Waals surface area contributed by atoms with E-state index in [1.54, 1.807) is 4.90 Å². The summed E-state index contributed by atoms with van der Waals surface area (Å²) in [6, 6.07) is 0. The predicted molar refractivity (Wildman–Crippen MR) is 61.1 cm³/mol. The molecule has 1 aliphatic heterocycles. The number of carboxylic acid groups (broad SMARTS) is 1. The lowest BCUT2D eigenvalue weighted by atomic mass is 9.91. The molecule has 0 atom stereocenters. The maximum atomic E-state index is 12.1. The molecule has 1 rings (SSSR count). The van der Waals surface area contributed by atoms with Gasteiger partial charge in [0, 0.05) is 13.1 Å². The van der Waals surface area contributed by atoms with Crippen LogP contribution in [-0.4, -0.2) is 35.0 Å². The van der Waals surface area contributed by atoms with E-state index < -0.39 is 11.4 Å². The van der Waals surface area contributed by atoms with E-state index in [1.807, 2.05) is 0 Å². The smallest absolute Gasteiger partial charge is 0.318 e. The highest BCUT2D eigenvalue weighted by Crippen LogP contribution is 2.21. The average Bonchev–Trinajstić information content (AvgIpc) is 2.16. The summed E-state index contributed by atoms with van der Waals surface area (Å²) in [4.78, 5) is 24.8. The van der Waals surface area contributed by atoms with Crippen LogP contribution in [0.25, 0.3) is 0 Å². The molecule has 16 heavy (non-hydrogen) atoms. The van der Waals surface area contributed by atoms with Crippen molar-refractivity contribution in [2.75, 3.05) is 13.1 Å². The van der Waals surface area contributed by atoms with Crippen LogP contribution in [0.15, 0.2) is 0 Å². The molecule has 0 aromatic rings. The van der Waals surface area contributed by atoms with Crippen LogP contribution < -0.4 is 0 Å². The Morgan fingerprint density at radius 3 is 1.88 bits per heavy atom. The van der Waals surface area contributed by atoms with Gasteiger partial charge in [0.2, 0.25) is 5.91 Å². The number of carbonyl (C=O) groups is 2. The summed E-state index contributed by atoms with van der Waals surface area (Å²) >= 11 is 0. The van der Waals surface area contributed by atoms with Crippen LogP contribution in [0.3, 0.4) is 0 Å². The van der Waals surface area contributed by atoms with Crippen molar-refractivity contribution >= 4 is 11.9 Å². The molecule has 4 nitrogen and oxygen atoms in total. The minimum absolute atomic E-state index is 0.248. The SMILES string of the molecule is CC(C)(C(=O)O)C(=O)N1CCCCCCC1. The number of rotatable bonds is 2. The van der Waals surface area contributed by atoms with Crippen molar-refractivity contribution < 1.29 is 14.7 Å². The summed E-state index contributed by atoms with van der Waals surface area (Å²) in [6.07, 6.45) is 5.47. The second-order valence-corrected chi connectivity index (χ2v) is 4.99. The van der Waals surface area contributed by atoms with Crippen LogP contribution in [0.5, 0.6) is 0 Å². The van der Waals surface area contributed by atoms with Gasteiger partial charge < -0.3 is 10.0 Å². The molecule has 4 heteroatoms. The Morgan fingerprint density at radius 2 is 1.44 bits per heavy atom. The number of amides is 1. The van der Waals surface area contributed by atoms with E-state index in [-0.39, 0.29) is 5.91 Å². The van der Waals surface area contributed by atoms with Crippen LogP contribution in [0.4, 0.5) is 0 Å². The number of likely N-dealkylation sites (tertiary alicyclic amines) is 1. The maximum Gasteiger partial charge on any atom is 0.318 e. The summed E-state index contributed by atoms with van der Waals surface area (Å²) in [5.74, 6) is -1.29. The molecule has 0 unspecified atom stereocenters. The highest BCUT2D eigenvalue weighted by molar-refractivity contribution is 6.00. The Labute approximate surface area is 96.6 Å². The van der Waals surface area contributed by atoms with Crippen LogP contribution in [0.1, 0.15) is 46.0 Å². The lowest BCUT2D eigenvalue weighted by Gasteiger charge is -2.30. The number of hydrogen-bond acceptors (Lipinski definition) is 2. The fourth-order valence-electron chi connectivity index (χ4n) is 1.94. The van der Waals surface area contributed by atoms with Crippen molar-refractivity contribution in [3.8, 4) is 0 Å². The van der Waals surface area contributed by atoms with Gasteiger partial charge >= 0.3 is 5.97 Å². The molecule has 1 fully saturated rings. The van der Waals surface area contributed by atoms with E-state index in [9.17, 15) is 9.59 Å². The number of carbonyl (C=O) groups excluding carboxylic acids is 1. The molecule has 1 aliphatic rings. The van der Waals surface area contributed by atoms with Gasteiger partial charge in [0.1, 0.15) is 5.41 Å². The first-order valence-corrected chi connectivity index (χ1v) is 5.99. The van der Waals surface area contributed by atoms with E-state index in [0.717, 1.165) is 25.7 Å². The van der Waals surface area contributed by atoms with Crippen molar-refractivity contribution in [1.82, 2.24) is 4.90 Å². The molecule has 0 saturated carbocycles. The van der Waals surface area contributed by atoms with Gasteiger partial charge in [-0.2, -0.15) is 0 Å². The van der Waals surface area contributed by atoms with Gasteiger partial charge in [0.05, 0.1) is 0 Å². The van der Waals surface area contributed by atoms with Gasteiger partial charge in [-0.25, -0.2) is 0 Å². The second kappa shape index (κ2) is 5.32. The third-order valence-electron chi connectivity index (χ3n) is 3.21. The second-order valence-electron chi connectivity index (χ2n) is 4.99. The standard InChI is InChI=1S/C12H21NO3/c1-12(2,11(15)16)10(14)13-8-6-4-3-5-7-9-13/h3-9H2,1-2H3,(H,15,16). The zero-order chi connectivity index (χ0) is 12.2. The van der Waals surface area contributed by atoms with Crippen LogP contribution in [-0.2, 0) is 9.59 Å². The molecular weight excluding hydrogens is 206 g/mol. The van der Waals surface area contributed by atoms with E-state index in [4.69, 9.17) is 5.11 Å². The average molecular weight is 227 g/mol. The molecule has 0 aliphatic carbocycles. The molecule has 0 radical (unpaired) electrons. The van der Waals surface area contributed by atoms with Crippen LogP contribution in [0.2, 0.25) is 0 Å². The molecule has 0 bridgehead atoms. The maximum absolute atomic E-state index is 12.1. The summed E-state index contributed by atoms with van der Waals surface area (Å²) < 4.78 is 0. The number of aliphatic carboxylic acids is 1. The topological polar surface area (TPSA) is 57.6 Å². The Morgan fingerprint density at radius 1 is 1.00 bits per heavy atom. The summed E-state index contributed by atoms with van der Waals surface area (Å²) in [7, 11) is 0. The zero-order valence-corrected chi connectivity index (χ0v) is 10.2. The molecule has 0 aromatic heterocycles. The van der Waals surface area contributed by atoms with Gasteiger partial charge in [-0.15, -0.1) is 0 Å². The van der Waals surface area contributed by atoms with E-state index in [1.165, 1.54) is 20.3 Å². The van der Waals surface area contributed by atoms with Gasteiger partial charge in [0.15, 0.2) is 0 Å². The lowest BCUT2D eigenvalue weighted by Crippen LogP contribution is -2.46. The van der Waals surface area contributed by atoms with Crippen LogP contribution >= 0.6 is 0 Å². The summed E-state index contributed by atoms with van der Waals surface area (Å²) in [5, 5.41) is 9.02. The molecule has 1 amide bonds. The molecular formula is C12H21NO3. The molecule has 1 saturated heterocycles. The monoisotopic (exact) mass is 227 g/mol. The highest BCUT2D eigenvalue weighted by atomic mass is 16.4. The first-order chi connectivity index (χ1) is 7.46. The quantitative estimate of drug-likeness (QED) is 0.733. The molecule has 92 valence electrons. The lowest BCUT2D eigenvalue weighted by molar-refractivity contribution is -0.158. The molecule has 1 N–H and O–H groups in total. The highest BCUT2D eigenvalue weighted by Gasteiger charge is 2.38. The van der Waals surface area contributed by atoms with Crippen molar-refractivity contribution in [3.63, 3.8) is 0 Å². The fourth-order valence-corrected chi connectivity index (χ4v) is 1.94. The fraction of sp³-hybridized carbons (Fsp3) is 0.833. The van der Waals surface area contributed by atoms with Gasteiger partial charge in [0.25, 0.3) is 0 Å². The largest absolute Gasteiger partial charge is 0.480 e. The Hall–Kier alpha value is -1.06. The Bertz CT molecular complexity index is 265. The van der Waals surface area contributed by atoms with Crippen molar-refractivity contribution in [1.29, 1.82) is 0 Å². The Kier molecular flexibility index (Phi) is 4.33. The van der Waals surface area contributed by atoms with Crippen LogP contribution in [0, 0.1) is 5.41 Å². The molecule has 1 heterocycles. The number of carboxylic acids is 1. The number of hydrogen-bond donors (Lipinski definition) is 1. The summed E-state index contributed by atoms with van der Waals surface area (Å²) in [5.41, 5.74) is -1.29. The third kappa shape index (κ3) is 2.97. The molecule has 0 aromatic carbocycles. The Balaban J connectivity index is 2.67. The third-order valence-corrected chi connectivity index (χ3v) is 3.21. The van der Waals surface area contributed by atoms with E-state index in [0.29, 0.717) is 13.1 Å². The summed E-state index contributed by atoms with van der Waals surface area (Å²) in [6.45, 7) is 4.37. The number of nitrogens with zero attached hydrogens (tertiary/aromatic N) is 1. The van der Waals surface area contributed by atoms with Gasteiger partial charge in [-0.05, 0) is 26.7 Å². The van der Waals surface area contributed by atoms with Gasteiger partial charge in [-0.3, -0.25) is 9.59 Å². The van der Waals surface area contributed by atoms with E-state index in [2.05, 4.69) is 0 Å². The first kappa shape index (κ1) is 13.0. The first-order valence-electron chi connectivity index (χ1n) is 5.99. The van der Waals surface area contributed by atoms with Gasteiger partial charge in [-0.1, -0.05) is 19.3 Å². The molecule has 0 spiro atoms. The minimum atomic E-state index is -1.29. The van der Waals surface area contributed by atoms with Crippen molar-refractivity contribution in [2.24, 2.45) is 5.41 Å². The van der Waals surface area contributed by atoms with Crippen molar-refractivity contribution in [3.05, 3.63) is 0 Å². The zero-order valence-electron chi connectivity index (χ0n) is 10.2. The minimum Gasteiger partial charge on any atom is -0.480 e. The van der Waals surface area contributed by atoms with Crippen molar-refractivity contribution in [2.45, 2.75) is 46.0 Å². The van der Waals surface area contributed by atoms with E-state index >= 15 is 0 Å². The predicted octanol–water partition coefficient (Wildman–Crippen LogP) is 1.89. The normalized spacial score (nSPS) is 18.8.